The van der Waals surface area contributed by atoms with Crippen LogP contribution in [0.5, 0.6) is 0 Å². The molecule has 0 bridgehead atoms. The van der Waals surface area contributed by atoms with E-state index >= 15 is 0 Å². The zero-order valence-corrected chi connectivity index (χ0v) is 13.6. The van der Waals surface area contributed by atoms with Crippen LogP contribution in [0.15, 0.2) is 52.0 Å². The Morgan fingerprint density at radius 3 is 2.57 bits per heavy atom. The smallest absolute Gasteiger partial charge is 0.244 e. The van der Waals surface area contributed by atoms with Gasteiger partial charge in [-0.15, -0.1) is 0 Å². The standard InChI is InChI=1S/C13H15BrN4O2S/c1-9(10-5-3-2-4-6-10)18-21(19,20)12-7-11(14)8-16-13(12)17-15/h2-9,18H,15H2,1H3,(H,16,17). The van der Waals surface area contributed by atoms with E-state index < -0.39 is 10.0 Å². The van der Waals surface area contributed by atoms with Crippen LogP contribution in [0.4, 0.5) is 5.82 Å². The third-order valence-corrected chi connectivity index (χ3v) is 4.86. The molecule has 0 aliphatic rings. The number of hydrogen-bond donors (Lipinski definition) is 3. The number of pyridine rings is 1. The van der Waals surface area contributed by atoms with Crippen LogP contribution in [-0.4, -0.2) is 13.4 Å². The minimum Gasteiger partial charge on any atom is -0.307 e. The summed E-state index contributed by atoms with van der Waals surface area (Å²) in [5.41, 5.74) is 3.16. The maximum Gasteiger partial charge on any atom is 0.244 e. The third-order valence-electron chi connectivity index (χ3n) is 2.88. The van der Waals surface area contributed by atoms with Crippen LogP contribution in [0.25, 0.3) is 0 Å². The highest BCUT2D eigenvalue weighted by atomic mass is 79.9. The fourth-order valence-electron chi connectivity index (χ4n) is 1.84. The molecule has 1 aromatic heterocycles. The molecule has 0 fully saturated rings. The summed E-state index contributed by atoms with van der Waals surface area (Å²) in [6, 6.07) is 10.4. The normalized spacial score (nSPS) is 12.9. The van der Waals surface area contributed by atoms with Gasteiger partial charge < -0.3 is 5.43 Å². The van der Waals surface area contributed by atoms with Crippen molar-refractivity contribution in [2.45, 2.75) is 17.9 Å². The summed E-state index contributed by atoms with van der Waals surface area (Å²) in [5, 5.41) is 0. The molecule has 1 atom stereocenters. The Balaban J connectivity index is 2.33. The Labute approximate surface area is 131 Å². The number of hydrazine groups is 1. The van der Waals surface area contributed by atoms with Gasteiger partial charge in [-0.1, -0.05) is 30.3 Å². The van der Waals surface area contributed by atoms with Crippen molar-refractivity contribution in [3.05, 3.63) is 52.6 Å². The fourth-order valence-corrected chi connectivity index (χ4v) is 3.70. The zero-order chi connectivity index (χ0) is 15.5. The first kappa shape index (κ1) is 15.9. The molecule has 8 heteroatoms. The Bertz CT molecular complexity index is 722. The number of hydrogen-bond acceptors (Lipinski definition) is 5. The number of nitrogens with two attached hydrogens (primary N) is 1. The minimum atomic E-state index is -3.76. The number of anilines is 1. The molecule has 0 aliphatic carbocycles. The van der Waals surface area contributed by atoms with Crippen molar-refractivity contribution in [3.63, 3.8) is 0 Å². The van der Waals surface area contributed by atoms with Gasteiger partial charge in [0.05, 0.1) is 0 Å². The van der Waals surface area contributed by atoms with E-state index in [9.17, 15) is 8.42 Å². The van der Waals surface area contributed by atoms with E-state index in [0.29, 0.717) is 4.47 Å². The molecule has 0 saturated heterocycles. The second-order valence-corrected chi connectivity index (χ2v) is 7.00. The highest BCUT2D eigenvalue weighted by Gasteiger charge is 2.22. The largest absolute Gasteiger partial charge is 0.307 e. The Kier molecular flexibility index (Phi) is 4.94. The second kappa shape index (κ2) is 6.52. The first-order valence-electron chi connectivity index (χ1n) is 6.13. The van der Waals surface area contributed by atoms with Gasteiger partial charge in [-0.3, -0.25) is 0 Å². The summed E-state index contributed by atoms with van der Waals surface area (Å²) in [6.45, 7) is 1.77. The lowest BCUT2D eigenvalue weighted by Crippen LogP contribution is -2.28. The lowest BCUT2D eigenvalue weighted by molar-refractivity contribution is 0.567. The molecule has 2 rings (SSSR count). The predicted molar refractivity (Wildman–Crippen MR) is 84.9 cm³/mol. The van der Waals surface area contributed by atoms with Gasteiger partial charge in [0, 0.05) is 16.7 Å². The molecule has 21 heavy (non-hydrogen) atoms. The molecule has 6 nitrogen and oxygen atoms in total. The molecular weight excluding hydrogens is 356 g/mol. The van der Waals surface area contributed by atoms with E-state index in [4.69, 9.17) is 5.84 Å². The minimum absolute atomic E-state index is 0.0119. The first-order chi connectivity index (χ1) is 9.94. The van der Waals surface area contributed by atoms with E-state index in [2.05, 4.69) is 31.1 Å². The number of sulfonamides is 1. The van der Waals surface area contributed by atoms with Gasteiger partial charge in [-0.25, -0.2) is 24.0 Å². The zero-order valence-electron chi connectivity index (χ0n) is 11.2. The lowest BCUT2D eigenvalue weighted by Gasteiger charge is -2.16. The van der Waals surface area contributed by atoms with E-state index in [1.165, 1.54) is 12.3 Å². The van der Waals surface area contributed by atoms with Gasteiger partial charge >= 0.3 is 0 Å². The summed E-state index contributed by atoms with van der Waals surface area (Å²) in [4.78, 5) is 3.93. The Hall–Kier alpha value is -1.48. The highest BCUT2D eigenvalue weighted by molar-refractivity contribution is 9.10. The molecule has 0 saturated carbocycles. The van der Waals surface area contributed by atoms with Crippen molar-refractivity contribution in [1.82, 2.24) is 9.71 Å². The third kappa shape index (κ3) is 3.79. The molecule has 1 unspecified atom stereocenters. The van der Waals surface area contributed by atoms with Crippen molar-refractivity contribution in [2.24, 2.45) is 5.84 Å². The van der Waals surface area contributed by atoms with Gasteiger partial charge in [-0.2, -0.15) is 0 Å². The topological polar surface area (TPSA) is 97.1 Å². The molecule has 2 aromatic rings. The monoisotopic (exact) mass is 370 g/mol. The number of rotatable bonds is 5. The van der Waals surface area contributed by atoms with Gasteiger partial charge in [0.1, 0.15) is 4.90 Å². The van der Waals surface area contributed by atoms with Crippen molar-refractivity contribution in [2.75, 3.05) is 5.43 Å². The molecule has 1 heterocycles. The average Bonchev–Trinajstić information content (AvgIpc) is 2.47. The summed E-state index contributed by atoms with van der Waals surface area (Å²) in [5.74, 6) is 5.41. The van der Waals surface area contributed by atoms with Gasteiger partial charge in [0.25, 0.3) is 0 Å². The van der Waals surface area contributed by atoms with E-state index in [0.717, 1.165) is 5.56 Å². The molecule has 0 aliphatic heterocycles. The molecule has 4 N–H and O–H groups in total. The van der Waals surface area contributed by atoms with Crippen LogP contribution < -0.4 is 16.0 Å². The van der Waals surface area contributed by atoms with Crippen molar-refractivity contribution in [1.29, 1.82) is 0 Å². The van der Waals surface area contributed by atoms with Crippen LogP contribution in [0.1, 0.15) is 18.5 Å². The molecule has 0 spiro atoms. The number of nitrogens with zero attached hydrogens (tertiary/aromatic N) is 1. The van der Waals surface area contributed by atoms with Gasteiger partial charge in [-0.05, 0) is 34.5 Å². The van der Waals surface area contributed by atoms with Crippen LogP contribution in [0, 0.1) is 0 Å². The number of benzene rings is 1. The number of nitrogen functional groups attached to an aromatic ring is 1. The summed E-state index contributed by atoms with van der Waals surface area (Å²) < 4.78 is 28.1. The summed E-state index contributed by atoms with van der Waals surface area (Å²) >= 11 is 3.21. The van der Waals surface area contributed by atoms with Gasteiger partial charge in [0.2, 0.25) is 10.0 Å². The van der Waals surface area contributed by atoms with E-state index in [1.807, 2.05) is 30.3 Å². The second-order valence-electron chi connectivity index (χ2n) is 4.40. The number of aromatic nitrogens is 1. The molecule has 0 radical (unpaired) electrons. The molecule has 112 valence electrons. The highest BCUT2D eigenvalue weighted by Crippen LogP contribution is 2.24. The average molecular weight is 371 g/mol. The summed E-state index contributed by atoms with van der Waals surface area (Å²) in [6.07, 6.45) is 1.47. The molecule has 1 aromatic carbocycles. The van der Waals surface area contributed by atoms with Gasteiger partial charge in [0.15, 0.2) is 5.82 Å². The molecule has 0 amide bonds. The first-order valence-corrected chi connectivity index (χ1v) is 8.41. The van der Waals surface area contributed by atoms with E-state index in [-0.39, 0.29) is 16.8 Å². The van der Waals surface area contributed by atoms with E-state index in [1.54, 1.807) is 6.92 Å². The quantitative estimate of drug-likeness (QED) is 0.553. The van der Waals surface area contributed by atoms with Crippen molar-refractivity contribution >= 4 is 31.8 Å². The Morgan fingerprint density at radius 2 is 1.95 bits per heavy atom. The SMILES string of the molecule is CC(NS(=O)(=O)c1cc(Br)cnc1NN)c1ccccc1. The number of nitrogens with one attached hydrogen (secondary N) is 2. The lowest BCUT2D eigenvalue weighted by atomic mass is 10.1. The maximum absolute atomic E-state index is 12.5. The fraction of sp³-hybridized carbons (Fsp3) is 0.154. The Morgan fingerprint density at radius 1 is 1.29 bits per heavy atom. The van der Waals surface area contributed by atoms with Crippen LogP contribution in [0.2, 0.25) is 0 Å². The van der Waals surface area contributed by atoms with Crippen LogP contribution in [-0.2, 0) is 10.0 Å². The predicted octanol–water partition coefficient (Wildman–Crippen LogP) is 2.17. The number of halogens is 1. The van der Waals surface area contributed by atoms with Crippen LogP contribution >= 0.6 is 15.9 Å². The summed E-state index contributed by atoms with van der Waals surface area (Å²) in [7, 11) is -3.76. The molecular formula is C13H15BrN4O2S. The van der Waals surface area contributed by atoms with Crippen molar-refractivity contribution < 1.29 is 8.42 Å². The van der Waals surface area contributed by atoms with Crippen molar-refractivity contribution in [3.8, 4) is 0 Å². The van der Waals surface area contributed by atoms with Crippen LogP contribution in [0.3, 0.4) is 0 Å². The maximum atomic E-state index is 12.5.